The van der Waals surface area contributed by atoms with Crippen molar-refractivity contribution < 1.29 is 0 Å². The molecule has 1 aliphatic carbocycles. The SMILES string of the molecule is NC1CCC(N2CCC(N)CC2)CC1. The van der Waals surface area contributed by atoms with Crippen LogP contribution >= 0.6 is 0 Å². The van der Waals surface area contributed by atoms with Gasteiger partial charge in [-0.25, -0.2) is 0 Å². The van der Waals surface area contributed by atoms with E-state index < -0.39 is 0 Å². The van der Waals surface area contributed by atoms with Crippen LogP contribution in [0.2, 0.25) is 0 Å². The third-order valence-electron chi connectivity index (χ3n) is 3.83. The van der Waals surface area contributed by atoms with Crippen molar-refractivity contribution in [1.82, 2.24) is 4.90 Å². The van der Waals surface area contributed by atoms with Crippen molar-refractivity contribution in [3.8, 4) is 0 Å². The summed E-state index contributed by atoms with van der Waals surface area (Å²) in [5, 5.41) is 0. The molecule has 2 fully saturated rings. The molecule has 1 saturated carbocycles. The second-order valence-electron chi connectivity index (χ2n) is 4.94. The van der Waals surface area contributed by atoms with Crippen LogP contribution < -0.4 is 11.5 Å². The zero-order valence-electron chi connectivity index (χ0n) is 8.99. The third kappa shape index (κ3) is 2.47. The Kier molecular flexibility index (Phi) is 3.42. The molecule has 0 aromatic heterocycles. The molecule has 0 aromatic rings. The molecule has 1 aliphatic heterocycles. The summed E-state index contributed by atoms with van der Waals surface area (Å²) in [5.41, 5.74) is 11.8. The van der Waals surface area contributed by atoms with Crippen LogP contribution in [-0.4, -0.2) is 36.1 Å². The Morgan fingerprint density at radius 2 is 1.21 bits per heavy atom. The van der Waals surface area contributed by atoms with Gasteiger partial charge in [0.25, 0.3) is 0 Å². The van der Waals surface area contributed by atoms with E-state index in [4.69, 9.17) is 11.5 Å². The highest BCUT2D eigenvalue weighted by Crippen LogP contribution is 2.24. The van der Waals surface area contributed by atoms with Crippen LogP contribution in [0.25, 0.3) is 0 Å². The summed E-state index contributed by atoms with van der Waals surface area (Å²) in [6, 6.07) is 1.73. The first-order chi connectivity index (χ1) is 6.75. The van der Waals surface area contributed by atoms with Crippen LogP contribution in [0.3, 0.4) is 0 Å². The molecule has 0 amide bonds. The molecule has 3 nitrogen and oxygen atoms in total. The van der Waals surface area contributed by atoms with Gasteiger partial charge in [-0.15, -0.1) is 0 Å². The number of nitrogens with two attached hydrogens (primary N) is 2. The Morgan fingerprint density at radius 3 is 1.79 bits per heavy atom. The lowest BCUT2D eigenvalue weighted by Gasteiger charge is -2.39. The quantitative estimate of drug-likeness (QED) is 0.650. The van der Waals surface area contributed by atoms with Gasteiger partial charge in [0, 0.05) is 18.1 Å². The molecule has 2 aliphatic rings. The standard InChI is InChI=1S/C11H23N3/c12-9-1-3-11(4-2-9)14-7-5-10(13)6-8-14/h9-11H,1-8,12-13H2. The maximum atomic E-state index is 5.91. The zero-order valence-corrected chi connectivity index (χ0v) is 8.99. The Bertz CT molecular complexity index is 147. The number of likely N-dealkylation sites (tertiary alicyclic amines) is 1. The maximum absolute atomic E-state index is 5.91. The summed E-state index contributed by atoms with van der Waals surface area (Å²) in [7, 11) is 0. The third-order valence-corrected chi connectivity index (χ3v) is 3.83. The Morgan fingerprint density at radius 1 is 0.714 bits per heavy atom. The molecular formula is C11H23N3. The van der Waals surface area contributed by atoms with E-state index in [9.17, 15) is 0 Å². The van der Waals surface area contributed by atoms with Crippen LogP contribution in [-0.2, 0) is 0 Å². The molecule has 1 heterocycles. The summed E-state index contributed by atoms with van der Waals surface area (Å²) in [6.07, 6.45) is 7.40. The summed E-state index contributed by atoms with van der Waals surface area (Å²) in [4.78, 5) is 2.63. The molecule has 2 rings (SSSR count). The van der Waals surface area contributed by atoms with E-state index in [1.807, 2.05) is 0 Å². The van der Waals surface area contributed by atoms with Gasteiger partial charge < -0.3 is 16.4 Å². The average molecular weight is 197 g/mol. The zero-order chi connectivity index (χ0) is 9.97. The van der Waals surface area contributed by atoms with Crippen molar-refractivity contribution in [2.24, 2.45) is 11.5 Å². The first kappa shape index (κ1) is 10.4. The van der Waals surface area contributed by atoms with Gasteiger partial charge in [0.2, 0.25) is 0 Å². The van der Waals surface area contributed by atoms with E-state index in [2.05, 4.69) is 4.90 Å². The first-order valence-corrected chi connectivity index (χ1v) is 6.01. The Labute approximate surface area is 86.8 Å². The number of piperidine rings is 1. The van der Waals surface area contributed by atoms with Gasteiger partial charge in [0.1, 0.15) is 0 Å². The van der Waals surface area contributed by atoms with E-state index >= 15 is 0 Å². The van der Waals surface area contributed by atoms with Gasteiger partial charge in [0.05, 0.1) is 0 Å². The lowest BCUT2D eigenvalue weighted by molar-refractivity contribution is 0.118. The van der Waals surface area contributed by atoms with Crippen LogP contribution in [0, 0.1) is 0 Å². The lowest BCUT2D eigenvalue weighted by atomic mass is 9.89. The van der Waals surface area contributed by atoms with Crippen molar-refractivity contribution in [1.29, 1.82) is 0 Å². The van der Waals surface area contributed by atoms with Gasteiger partial charge >= 0.3 is 0 Å². The van der Waals surface area contributed by atoms with Crippen molar-refractivity contribution in [3.05, 3.63) is 0 Å². The maximum Gasteiger partial charge on any atom is 0.00964 e. The summed E-state index contributed by atoms with van der Waals surface area (Å²) >= 11 is 0. The van der Waals surface area contributed by atoms with Crippen molar-refractivity contribution in [3.63, 3.8) is 0 Å². The van der Waals surface area contributed by atoms with Crippen molar-refractivity contribution in [2.75, 3.05) is 13.1 Å². The molecule has 0 radical (unpaired) electrons. The highest BCUT2D eigenvalue weighted by atomic mass is 15.2. The smallest absolute Gasteiger partial charge is 0.00964 e. The summed E-state index contributed by atoms with van der Waals surface area (Å²) < 4.78 is 0. The van der Waals surface area contributed by atoms with E-state index in [0.717, 1.165) is 6.04 Å². The number of nitrogens with zero attached hydrogens (tertiary/aromatic N) is 1. The van der Waals surface area contributed by atoms with Crippen molar-refractivity contribution >= 4 is 0 Å². The fourth-order valence-corrected chi connectivity index (χ4v) is 2.75. The fourth-order valence-electron chi connectivity index (χ4n) is 2.75. The number of rotatable bonds is 1. The first-order valence-electron chi connectivity index (χ1n) is 6.01. The van der Waals surface area contributed by atoms with Crippen LogP contribution in [0.5, 0.6) is 0 Å². The number of hydrogen-bond acceptors (Lipinski definition) is 3. The highest BCUT2D eigenvalue weighted by molar-refractivity contribution is 4.84. The molecule has 4 N–H and O–H groups in total. The molecule has 14 heavy (non-hydrogen) atoms. The summed E-state index contributed by atoms with van der Waals surface area (Å²) in [5.74, 6) is 0. The predicted octanol–water partition coefficient (Wildman–Crippen LogP) is 0.679. The fraction of sp³-hybridized carbons (Fsp3) is 1.00. The normalized spacial score (nSPS) is 37.3. The van der Waals surface area contributed by atoms with E-state index in [0.29, 0.717) is 12.1 Å². The predicted molar refractivity (Wildman–Crippen MR) is 59.0 cm³/mol. The molecule has 0 atom stereocenters. The second kappa shape index (κ2) is 4.60. The van der Waals surface area contributed by atoms with E-state index in [1.165, 1.54) is 51.6 Å². The monoisotopic (exact) mass is 197 g/mol. The Balaban J connectivity index is 1.78. The Hall–Kier alpha value is -0.120. The second-order valence-corrected chi connectivity index (χ2v) is 4.94. The minimum atomic E-state index is 0.456. The summed E-state index contributed by atoms with van der Waals surface area (Å²) in [6.45, 7) is 2.42. The topological polar surface area (TPSA) is 55.3 Å². The van der Waals surface area contributed by atoms with E-state index in [-0.39, 0.29) is 0 Å². The van der Waals surface area contributed by atoms with Gasteiger partial charge in [-0.3, -0.25) is 0 Å². The van der Waals surface area contributed by atoms with Crippen LogP contribution in [0.4, 0.5) is 0 Å². The minimum absolute atomic E-state index is 0.456. The molecular weight excluding hydrogens is 174 g/mol. The molecule has 0 aromatic carbocycles. The molecule has 0 spiro atoms. The highest BCUT2D eigenvalue weighted by Gasteiger charge is 2.26. The molecule has 0 unspecified atom stereocenters. The van der Waals surface area contributed by atoms with Gasteiger partial charge in [-0.05, 0) is 51.6 Å². The minimum Gasteiger partial charge on any atom is -0.328 e. The van der Waals surface area contributed by atoms with Gasteiger partial charge in [-0.1, -0.05) is 0 Å². The van der Waals surface area contributed by atoms with Gasteiger partial charge in [0.15, 0.2) is 0 Å². The largest absolute Gasteiger partial charge is 0.328 e. The molecule has 0 bridgehead atoms. The van der Waals surface area contributed by atoms with Gasteiger partial charge in [-0.2, -0.15) is 0 Å². The van der Waals surface area contributed by atoms with E-state index in [1.54, 1.807) is 0 Å². The number of hydrogen-bond donors (Lipinski definition) is 2. The van der Waals surface area contributed by atoms with Crippen LogP contribution in [0.1, 0.15) is 38.5 Å². The average Bonchev–Trinajstić information content (AvgIpc) is 2.21. The van der Waals surface area contributed by atoms with Crippen molar-refractivity contribution in [2.45, 2.75) is 56.7 Å². The molecule has 1 saturated heterocycles. The molecule has 3 heteroatoms. The van der Waals surface area contributed by atoms with Crippen LogP contribution in [0.15, 0.2) is 0 Å². The molecule has 82 valence electrons. The lowest BCUT2D eigenvalue weighted by Crippen LogP contribution is -2.47.